The number of fused-ring (bicyclic) bond motifs is 1. The van der Waals surface area contributed by atoms with Gasteiger partial charge >= 0.3 is 5.63 Å². The SMILES string of the molecule is Cl.O=c1ccc2cc(S(=O)(=O)N[C@@H]3CC[C@@]4(O)[C@H]5Cc6ccc(O)c7c6C4(CC[N+]5([O-])CC4CC4)[C@H]3O7)ccc2o1. The number of quaternary nitrogens is 1. The molecule has 5 aliphatic rings. The fraction of sp³-hybridized carbons (Fsp3) is 0.483. The number of hydrogen-bond donors (Lipinski definition) is 3. The Kier molecular flexibility index (Phi) is 5.76. The van der Waals surface area contributed by atoms with E-state index in [4.69, 9.17) is 9.15 Å². The quantitative estimate of drug-likeness (QED) is 0.229. The first-order valence-corrected chi connectivity index (χ1v) is 15.4. The van der Waals surface area contributed by atoms with Crippen LogP contribution in [-0.2, 0) is 21.9 Å². The van der Waals surface area contributed by atoms with Crippen molar-refractivity contribution in [2.24, 2.45) is 5.92 Å². The zero-order valence-corrected chi connectivity index (χ0v) is 23.7. The Morgan fingerprint density at radius 1 is 1.10 bits per heavy atom. The Morgan fingerprint density at radius 3 is 2.68 bits per heavy atom. The standard InChI is InChI=1S/C29H30N2O8S.ClH/c32-21-6-3-18-14-23-29(34)10-9-20(30-40(36,37)19-5-7-22-17(13-19)4-8-24(33)38-22)27-28(29,25(18)26(21)39-27)11-12-31(23,35)15-16-1-2-16;/h3-8,13,16,20,23,27,30,32,34H,1-2,9-12,14-15H2;1H/t20-,23-,27+,28?,29-,31?;/m1./s1. The van der Waals surface area contributed by atoms with Gasteiger partial charge in [-0.1, -0.05) is 6.07 Å². The van der Waals surface area contributed by atoms with Crippen LogP contribution in [0.3, 0.4) is 0 Å². The molecular weight excluding hydrogens is 572 g/mol. The van der Waals surface area contributed by atoms with Gasteiger partial charge in [0.1, 0.15) is 23.3 Å². The van der Waals surface area contributed by atoms with Gasteiger partial charge in [0.25, 0.3) is 0 Å². The summed E-state index contributed by atoms with van der Waals surface area (Å²) in [7, 11) is -4.05. The van der Waals surface area contributed by atoms with E-state index in [0.717, 1.165) is 24.0 Å². The first-order valence-electron chi connectivity index (χ1n) is 13.9. The third kappa shape index (κ3) is 3.63. The van der Waals surface area contributed by atoms with Crippen LogP contribution in [0.2, 0.25) is 0 Å². The molecule has 218 valence electrons. The van der Waals surface area contributed by atoms with E-state index in [9.17, 15) is 28.6 Å². The Bertz CT molecular complexity index is 1760. The van der Waals surface area contributed by atoms with E-state index >= 15 is 0 Å². The minimum absolute atomic E-state index is 0. The van der Waals surface area contributed by atoms with Crippen LogP contribution in [0.4, 0.5) is 0 Å². The van der Waals surface area contributed by atoms with Crippen LogP contribution in [0.25, 0.3) is 11.0 Å². The molecule has 10 nitrogen and oxygen atoms in total. The number of phenolic OH excluding ortho intramolecular Hbond substituents is 1. The zero-order valence-electron chi connectivity index (χ0n) is 22.1. The number of nitrogens with zero attached hydrogens (tertiary/aromatic N) is 1. The molecule has 12 heteroatoms. The average molecular weight is 603 g/mol. The van der Waals surface area contributed by atoms with Crippen LogP contribution in [0.1, 0.15) is 43.2 Å². The van der Waals surface area contributed by atoms with E-state index in [1.54, 1.807) is 6.07 Å². The molecule has 3 fully saturated rings. The van der Waals surface area contributed by atoms with Crippen molar-refractivity contribution < 1.29 is 32.4 Å². The summed E-state index contributed by atoms with van der Waals surface area (Å²) in [4.78, 5) is 11.6. The molecule has 2 aromatic carbocycles. The van der Waals surface area contributed by atoms with Crippen molar-refractivity contribution in [1.29, 1.82) is 0 Å². The molecule has 3 heterocycles. The smallest absolute Gasteiger partial charge is 0.336 e. The maximum atomic E-state index is 14.3. The number of nitrogens with one attached hydrogen (secondary N) is 1. The molecule has 3 aliphatic carbocycles. The Morgan fingerprint density at radius 2 is 1.90 bits per heavy atom. The van der Waals surface area contributed by atoms with E-state index in [1.165, 1.54) is 30.3 Å². The van der Waals surface area contributed by atoms with Gasteiger partial charge in [-0.3, -0.25) is 0 Å². The number of rotatable bonds is 5. The summed E-state index contributed by atoms with van der Waals surface area (Å²) in [6, 6.07) is 9.14. The maximum Gasteiger partial charge on any atom is 0.336 e. The average Bonchev–Trinajstić information content (AvgIpc) is 3.64. The summed E-state index contributed by atoms with van der Waals surface area (Å²) >= 11 is 0. The van der Waals surface area contributed by atoms with Crippen molar-refractivity contribution in [2.45, 2.75) is 72.6 Å². The van der Waals surface area contributed by atoms with Gasteiger partial charge in [0.05, 0.1) is 29.4 Å². The molecule has 2 aliphatic heterocycles. The lowest BCUT2D eigenvalue weighted by Gasteiger charge is -2.68. The van der Waals surface area contributed by atoms with Gasteiger partial charge in [-0.15, -0.1) is 12.4 Å². The van der Waals surface area contributed by atoms with Crippen LogP contribution in [-0.4, -0.2) is 60.2 Å². The van der Waals surface area contributed by atoms with Crippen LogP contribution >= 0.6 is 12.4 Å². The van der Waals surface area contributed by atoms with E-state index in [0.29, 0.717) is 43.0 Å². The predicted octanol–water partition coefficient (Wildman–Crippen LogP) is 2.84. The number of benzene rings is 2. The molecule has 2 bridgehead atoms. The van der Waals surface area contributed by atoms with E-state index in [1.807, 2.05) is 6.07 Å². The van der Waals surface area contributed by atoms with Crippen molar-refractivity contribution in [3.8, 4) is 11.5 Å². The lowest BCUT2D eigenvalue weighted by atomic mass is 9.48. The molecule has 1 aromatic heterocycles. The zero-order chi connectivity index (χ0) is 27.7. The summed E-state index contributed by atoms with van der Waals surface area (Å²) in [5, 5.41) is 38.2. The second-order valence-corrected chi connectivity index (χ2v) is 14.1. The lowest BCUT2D eigenvalue weighted by Crippen LogP contribution is -2.81. The fourth-order valence-corrected chi connectivity index (χ4v) is 9.67. The first-order chi connectivity index (χ1) is 19.0. The number of ether oxygens (including phenoxy) is 1. The highest BCUT2D eigenvalue weighted by Crippen LogP contribution is 2.66. The van der Waals surface area contributed by atoms with Gasteiger partial charge in [0.15, 0.2) is 11.5 Å². The predicted molar refractivity (Wildman–Crippen MR) is 150 cm³/mol. The number of aromatic hydroxyl groups is 1. The highest BCUT2D eigenvalue weighted by molar-refractivity contribution is 7.89. The van der Waals surface area contributed by atoms with E-state index in [-0.39, 0.29) is 41.5 Å². The number of hydroxylamine groups is 3. The number of likely N-dealkylation sites (tertiary alicyclic amines) is 1. The Hall–Kier alpha value is -2.67. The number of aliphatic hydroxyl groups is 1. The summed E-state index contributed by atoms with van der Waals surface area (Å²) in [6.45, 7) is 0.806. The van der Waals surface area contributed by atoms with Gasteiger partial charge in [-0.25, -0.2) is 17.9 Å². The highest BCUT2D eigenvalue weighted by atomic mass is 35.5. The minimum Gasteiger partial charge on any atom is -0.632 e. The molecule has 41 heavy (non-hydrogen) atoms. The number of sulfonamides is 1. The normalized spacial score (nSPS) is 34.9. The monoisotopic (exact) mass is 602 g/mol. The van der Waals surface area contributed by atoms with Crippen LogP contribution in [0.15, 0.2) is 56.6 Å². The van der Waals surface area contributed by atoms with Crippen molar-refractivity contribution in [3.05, 3.63) is 69.2 Å². The van der Waals surface area contributed by atoms with Crippen LogP contribution < -0.4 is 15.1 Å². The minimum atomic E-state index is -4.05. The first kappa shape index (κ1) is 27.2. The topological polar surface area (TPSA) is 149 Å². The van der Waals surface area contributed by atoms with Crippen LogP contribution in [0, 0.1) is 11.1 Å². The molecule has 3 aromatic rings. The van der Waals surface area contributed by atoms with Crippen molar-refractivity contribution in [3.63, 3.8) is 0 Å². The number of hydrogen-bond acceptors (Lipinski definition) is 8. The van der Waals surface area contributed by atoms with E-state index in [2.05, 4.69) is 4.72 Å². The second kappa shape index (κ2) is 8.68. The highest BCUT2D eigenvalue weighted by Gasteiger charge is 2.76. The van der Waals surface area contributed by atoms with Gasteiger partial charge in [0, 0.05) is 35.8 Å². The maximum absolute atomic E-state index is 14.3. The van der Waals surface area contributed by atoms with Crippen molar-refractivity contribution >= 4 is 33.4 Å². The number of halogens is 1. The molecule has 1 spiro atoms. The van der Waals surface area contributed by atoms with E-state index < -0.39 is 49.5 Å². The van der Waals surface area contributed by atoms with Crippen LogP contribution in [0.5, 0.6) is 11.5 Å². The third-order valence-electron chi connectivity index (χ3n) is 10.3. The molecule has 6 atom stereocenters. The summed E-state index contributed by atoms with van der Waals surface area (Å²) in [6.07, 6.45) is 2.56. The molecular formula is C29H31ClN2O8S. The van der Waals surface area contributed by atoms with Gasteiger partial charge in [-0.2, -0.15) is 0 Å². The Labute approximate surface area is 242 Å². The third-order valence-corrected chi connectivity index (χ3v) is 11.8. The summed E-state index contributed by atoms with van der Waals surface area (Å²) in [5.41, 5.74) is -1.01. The van der Waals surface area contributed by atoms with Crippen molar-refractivity contribution in [1.82, 2.24) is 4.72 Å². The second-order valence-electron chi connectivity index (χ2n) is 12.4. The Balaban J connectivity index is 0.00000276. The van der Waals surface area contributed by atoms with Gasteiger partial charge < -0.3 is 29.2 Å². The largest absolute Gasteiger partial charge is 0.632 e. The molecule has 3 N–H and O–H groups in total. The van der Waals surface area contributed by atoms with Crippen molar-refractivity contribution in [2.75, 3.05) is 13.1 Å². The van der Waals surface area contributed by atoms with Gasteiger partial charge in [0.2, 0.25) is 10.0 Å². The molecule has 0 amide bonds. The fourth-order valence-electron chi connectivity index (χ4n) is 8.36. The molecule has 1 saturated heterocycles. The molecule has 8 rings (SSSR count). The lowest BCUT2D eigenvalue weighted by molar-refractivity contribution is -0.924. The number of piperidine rings is 1. The molecule has 2 unspecified atom stereocenters. The number of phenols is 1. The molecule has 2 saturated carbocycles. The molecule has 0 radical (unpaired) electrons. The summed E-state index contributed by atoms with van der Waals surface area (Å²) in [5.74, 6) is 0.632. The van der Waals surface area contributed by atoms with Gasteiger partial charge in [-0.05, 0) is 61.6 Å². The summed E-state index contributed by atoms with van der Waals surface area (Å²) < 4.78 is 41.3.